The summed E-state index contributed by atoms with van der Waals surface area (Å²) in [5.41, 5.74) is 0. The fourth-order valence-electron chi connectivity index (χ4n) is 1.01. The number of halogens is 2. The van der Waals surface area contributed by atoms with Gasteiger partial charge in [0.15, 0.2) is 0 Å². The molecule has 0 N–H and O–H groups in total. The van der Waals surface area contributed by atoms with E-state index >= 15 is 0 Å². The van der Waals surface area contributed by atoms with E-state index in [2.05, 4.69) is 22.6 Å². The van der Waals surface area contributed by atoms with Crippen molar-refractivity contribution < 1.29 is 9.47 Å². The van der Waals surface area contributed by atoms with E-state index in [1.54, 1.807) is 7.11 Å². The summed E-state index contributed by atoms with van der Waals surface area (Å²) in [7, 11) is 1.68. The van der Waals surface area contributed by atoms with Crippen molar-refractivity contribution in [2.75, 3.05) is 20.3 Å². The first-order valence-electron chi connectivity index (χ1n) is 4.30. The van der Waals surface area contributed by atoms with E-state index in [1.165, 1.54) is 0 Å². The topological polar surface area (TPSA) is 18.5 Å². The molecule has 0 aromatic heterocycles. The summed E-state index contributed by atoms with van der Waals surface area (Å²) in [6.07, 6.45) is 0.888. The Bertz CT molecular complexity index is 271. The highest BCUT2D eigenvalue weighted by molar-refractivity contribution is 14.1. The first-order chi connectivity index (χ1) is 6.72. The average Bonchev–Trinajstić information content (AvgIpc) is 2.11. The van der Waals surface area contributed by atoms with Crippen LogP contribution in [0.2, 0.25) is 5.02 Å². The number of rotatable bonds is 5. The minimum absolute atomic E-state index is 0.657. The summed E-state index contributed by atoms with van der Waals surface area (Å²) in [5.74, 6) is 0.818. The smallest absolute Gasteiger partial charge is 0.121 e. The Morgan fingerprint density at radius 2 is 2.07 bits per heavy atom. The zero-order valence-corrected chi connectivity index (χ0v) is 10.8. The molecule has 0 aliphatic heterocycles. The Labute approximate surface area is 103 Å². The van der Waals surface area contributed by atoms with Gasteiger partial charge in [0.1, 0.15) is 5.75 Å². The van der Waals surface area contributed by atoms with Gasteiger partial charge in [0.05, 0.1) is 6.61 Å². The fraction of sp³-hybridized carbons (Fsp3) is 0.400. The van der Waals surface area contributed by atoms with Crippen LogP contribution in [0, 0.1) is 3.57 Å². The SMILES string of the molecule is COCCCOc1cc(Cl)cc(I)c1. The molecule has 0 aliphatic carbocycles. The maximum Gasteiger partial charge on any atom is 0.121 e. The van der Waals surface area contributed by atoms with Crippen molar-refractivity contribution in [2.45, 2.75) is 6.42 Å². The van der Waals surface area contributed by atoms with Crippen LogP contribution in [0.4, 0.5) is 0 Å². The molecule has 1 aromatic carbocycles. The predicted octanol–water partition coefficient (Wildman–Crippen LogP) is 3.36. The maximum atomic E-state index is 5.88. The Balaban J connectivity index is 2.42. The Hall–Kier alpha value is -0.000000000000000111. The van der Waals surface area contributed by atoms with Crippen molar-refractivity contribution in [3.63, 3.8) is 0 Å². The molecule has 0 saturated heterocycles. The lowest BCUT2D eigenvalue weighted by Crippen LogP contribution is -2.01. The van der Waals surface area contributed by atoms with Crippen LogP contribution in [0.3, 0.4) is 0 Å². The Kier molecular flexibility index (Phi) is 5.59. The van der Waals surface area contributed by atoms with Crippen molar-refractivity contribution in [1.82, 2.24) is 0 Å². The van der Waals surface area contributed by atoms with Crippen molar-refractivity contribution in [2.24, 2.45) is 0 Å². The largest absolute Gasteiger partial charge is 0.493 e. The van der Waals surface area contributed by atoms with E-state index in [0.29, 0.717) is 11.6 Å². The maximum absolute atomic E-state index is 5.88. The lowest BCUT2D eigenvalue weighted by atomic mass is 10.3. The standard InChI is InChI=1S/C10H12ClIO2/c1-13-3-2-4-14-10-6-8(11)5-9(12)7-10/h5-7H,2-4H2,1H3. The van der Waals surface area contributed by atoms with Gasteiger partial charge in [-0.25, -0.2) is 0 Å². The lowest BCUT2D eigenvalue weighted by Gasteiger charge is -2.06. The molecule has 0 heterocycles. The normalized spacial score (nSPS) is 10.2. The third-order valence-corrected chi connectivity index (χ3v) is 2.44. The summed E-state index contributed by atoms with van der Waals surface area (Å²) >= 11 is 8.09. The van der Waals surface area contributed by atoms with Crippen molar-refractivity contribution in [3.8, 4) is 5.75 Å². The molecular weight excluding hydrogens is 314 g/mol. The third kappa shape index (κ3) is 4.48. The first kappa shape index (κ1) is 12.1. The highest BCUT2D eigenvalue weighted by Crippen LogP contribution is 2.22. The fourth-order valence-corrected chi connectivity index (χ4v) is 2.06. The van der Waals surface area contributed by atoms with Crippen LogP contribution in [0.5, 0.6) is 5.75 Å². The van der Waals surface area contributed by atoms with Crippen LogP contribution in [0.25, 0.3) is 0 Å². The molecule has 0 atom stereocenters. The van der Waals surface area contributed by atoms with Gasteiger partial charge < -0.3 is 9.47 Å². The molecule has 0 unspecified atom stereocenters. The van der Waals surface area contributed by atoms with Gasteiger partial charge in [-0.05, 0) is 40.8 Å². The third-order valence-electron chi connectivity index (χ3n) is 1.60. The summed E-state index contributed by atoms with van der Waals surface area (Å²) in [6, 6.07) is 5.67. The highest BCUT2D eigenvalue weighted by atomic mass is 127. The second-order valence-corrected chi connectivity index (χ2v) is 4.48. The van der Waals surface area contributed by atoms with E-state index in [9.17, 15) is 0 Å². The van der Waals surface area contributed by atoms with Gasteiger partial charge in [-0.2, -0.15) is 0 Å². The van der Waals surface area contributed by atoms with Gasteiger partial charge in [-0.3, -0.25) is 0 Å². The molecule has 2 nitrogen and oxygen atoms in total. The van der Waals surface area contributed by atoms with Crippen LogP contribution >= 0.6 is 34.2 Å². The molecule has 1 aromatic rings. The van der Waals surface area contributed by atoms with E-state index in [-0.39, 0.29) is 0 Å². The molecule has 0 aliphatic rings. The quantitative estimate of drug-likeness (QED) is 0.610. The molecule has 0 amide bonds. The van der Waals surface area contributed by atoms with Crippen molar-refractivity contribution in [1.29, 1.82) is 0 Å². The number of methoxy groups -OCH3 is 1. The Morgan fingerprint density at radius 1 is 1.29 bits per heavy atom. The second-order valence-electron chi connectivity index (χ2n) is 2.80. The summed E-state index contributed by atoms with van der Waals surface area (Å²) in [4.78, 5) is 0. The monoisotopic (exact) mass is 326 g/mol. The minimum atomic E-state index is 0.657. The summed E-state index contributed by atoms with van der Waals surface area (Å²) in [5, 5.41) is 0.707. The van der Waals surface area contributed by atoms with E-state index in [0.717, 1.165) is 22.3 Å². The molecule has 0 radical (unpaired) electrons. The molecular formula is C10H12ClIO2. The molecule has 0 bridgehead atoms. The van der Waals surface area contributed by atoms with Gasteiger partial charge in [0.25, 0.3) is 0 Å². The van der Waals surface area contributed by atoms with Gasteiger partial charge in [0, 0.05) is 28.7 Å². The highest BCUT2D eigenvalue weighted by Gasteiger charge is 1.98. The minimum Gasteiger partial charge on any atom is -0.493 e. The molecule has 0 spiro atoms. The van der Waals surface area contributed by atoms with E-state index < -0.39 is 0 Å². The molecule has 0 fully saturated rings. The predicted molar refractivity (Wildman–Crippen MR) is 66.2 cm³/mol. The summed E-state index contributed by atoms with van der Waals surface area (Å²) in [6.45, 7) is 1.38. The van der Waals surface area contributed by atoms with Gasteiger partial charge in [-0.15, -0.1) is 0 Å². The molecule has 78 valence electrons. The first-order valence-corrected chi connectivity index (χ1v) is 5.76. The number of ether oxygens (including phenoxy) is 2. The van der Waals surface area contributed by atoms with E-state index in [4.69, 9.17) is 21.1 Å². The summed E-state index contributed by atoms with van der Waals surface area (Å²) < 4.78 is 11.5. The van der Waals surface area contributed by atoms with Gasteiger partial charge in [-0.1, -0.05) is 11.6 Å². The zero-order valence-electron chi connectivity index (χ0n) is 7.93. The molecule has 4 heteroatoms. The van der Waals surface area contributed by atoms with Crippen molar-refractivity contribution in [3.05, 3.63) is 26.8 Å². The Morgan fingerprint density at radius 3 is 2.71 bits per heavy atom. The van der Waals surface area contributed by atoms with Crippen LogP contribution in [-0.2, 0) is 4.74 Å². The molecule has 14 heavy (non-hydrogen) atoms. The second kappa shape index (κ2) is 6.48. The van der Waals surface area contributed by atoms with Crippen LogP contribution in [-0.4, -0.2) is 20.3 Å². The number of hydrogen-bond donors (Lipinski definition) is 0. The molecule has 0 saturated carbocycles. The van der Waals surface area contributed by atoms with Gasteiger partial charge in [0.2, 0.25) is 0 Å². The number of benzene rings is 1. The van der Waals surface area contributed by atoms with Crippen molar-refractivity contribution >= 4 is 34.2 Å². The zero-order chi connectivity index (χ0) is 10.4. The number of hydrogen-bond acceptors (Lipinski definition) is 2. The van der Waals surface area contributed by atoms with E-state index in [1.807, 2.05) is 18.2 Å². The molecule has 1 rings (SSSR count). The van der Waals surface area contributed by atoms with Crippen LogP contribution in [0.1, 0.15) is 6.42 Å². The average molecular weight is 327 g/mol. The van der Waals surface area contributed by atoms with Crippen LogP contribution in [0.15, 0.2) is 18.2 Å². The lowest BCUT2D eigenvalue weighted by molar-refractivity contribution is 0.172. The van der Waals surface area contributed by atoms with Gasteiger partial charge >= 0.3 is 0 Å². The van der Waals surface area contributed by atoms with Crippen LogP contribution < -0.4 is 4.74 Å².